The molecule has 2 fully saturated rings. The summed E-state index contributed by atoms with van der Waals surface area (Å²) in [6.07, 6.45) is 8.44. The Bertz CT molecular complexity index is 1280. The van der Waals surface area contributed by atoms with E-state index in [0.29, 0.717) is 11.2 Å². The molecule has 2 bridgehead atoms. The standard InChI is InChI=1S/C26H22N4O3/c31-24(29-18-8-9-19-20(14-18)28-11-10-27-19)21(12-15-4-2-1-3-5-15)30-25(32)22-16-6-7-17(13-16)23(22)26(30)33/h1-11,14,16-17,21-23H,12-13H2,(H,29,31)/t16-,17-,21-,22-,23+/m0/s1. The fourth-order valence-corrected chi connectivity index (χ4v) is 5.64. The van der Waals surface area contributed by atoms with Crippen LogP contribution in [0, 0.1) is 23.7 Å². The average Bonchev–Trinajstić information content (AvgIpc) is 3.52. The van der Waals surface area contributed by atoms with Crippen molar-refractivity contribution in [1.82, 2.24) is 14.9 Å². The molecular weight excluding hydrogens is 416 g/mol. The van der Waals surface area contributed by atoms with Crippen LogP contribution in [0.15, 0.2) is 73.1 Å². The van der Waals surface area contributed by atoms with E-state index in [9.17, 15) is 14.4 Å². The molecule has 7 nitrogen and oxygen atoms in total. The van der Waals surface area contributed by atoms with Crippen LogP contribution in [0.3, 0.4) is 0 Å². The van der Waals surface area contributed by atoms with Gasteiger partial charge >= 0.3 is 0 Å². The first-order valence-corrected chi connectivity index (χ1v) is 11.2. The lowest BCUT2D eigenvalue weighted by Gasteiger charge is -2.27. The highest BCUT2D eigenvalue weighted by molar-refractivity contribution is 6.11. The molecule has 1 N–H and O–H groups in total. The molecular formula is C26H22N4O3. The van der Waals surface area contributed by atoms with Crippen molar-refractivity contribution >= 4 is 34.4 Å². The predicted molar refractivity (Wildman–Crippen MR) is 122 cm³/mol. The van der Waals surface area contributed by atoms with E-state index < -0.39 is 6.04 Å². The molecule has 6 rings (SSSR count). The molecule has 1 aliphatic heterocycles. The molecule has 33 heavy (non-hydrogen) atoms. The molecule has 0 spiro atoms. The van der Waals surface area contributed by atoms with Gasteiger partial charge in [-0.2, -0.15) is 0 Å². The minimum Gasteiger partial charge on any atom is -0.324 e. The number of carbonyl (C=O) groups is 3. The first-order chi connectivity index (χ1) is 16.1. The highest BCUT2D eigenvalue weighted by Gasteiger charge is 2.61. The van der Waals surface area contributed by atoms with Crippen molar-refractivity contribution < 1.29 is 14.4 Å². The smallest absolute Gasteiger partial charge is 0.248 e. The maximum absolute atomic E-state index is 13.5. The van der Waals surface area contributed by atoms with E-state index >= 15 is 0 Å². The topological polar surface area (TPSA) is 92.3 Å². The fourth-order valence-electron chi connectivity index (χ4n) is 5.64. The molecule has 164 valence electrons. The van der Waals surface area contributed by atoms with Crippen LogP contribution in [0.1, 0.15) is 12.0 Å². The number of aromatic nitrogens is 2. The minimum atomic E-state index is -0.921. The van der Waals surface area contributed by atoms with Gasteiger partial charge in [0.1, 0.15) is 6.04 Å². The number of amides is 3. The number of nitrogens with one attached hydrogen (secondary N) is 1. The summed E-state index contributed by atoms with van der Waals surface area (Å²) in [4.78, 5) is 50.1. The number of benzene rings is 2. The Balaban J connectivity index is 1.32. The van der Waals surface area contributed by atoms with Crippen molar-refractivity contribution in [2.75, 3.05) is 5.32 Å². The monoisotopic (exact) mass is 438 g/mol. The summed E-state index contributed by atoms with van der Waals surface area (Å²) in [5.74, 6) is -1.31. The number of rotatable bonds is 5. The van der Waals surface area contributed by atoms with Gasteiger partial charge in [-0.05, 0) is 42.0 Å². The second kappa shape index (κ2) is 7.62. The van der Waals surface area contributed by atoms with Gasteiger partial charge in [-0.25, -0.2) is 0 Å². The zero-order chi connectivity index (χ0) is 22.5. The second-order valence-corrected chi connectivity index (χ2v) is 9.00. The molecule has 2 heterocycles. The largest absolute Gasteiger partial charge is 0.324 e. The number of likely N-dealkylation sites (tertiary alicyclic amines) is 1. The zero-order valence-electron chi connectivity index (χ0n) is 17.8. The highest BCUT2D eigenvalue weighted by atomic mass is 16.2. The number of fused-ring (bicyclic) bond motifs is 6. The quantitative estimate of drug-likeness (QED) is 0.488. The van der Waals surface area contributed by atoms with Crippen LogP contribution in [0.25, 0.3) is 11.0 Å². The predicted octanol–water partition coefficient (Wildman–Crippen LogP) is 2.99. The van der Waals surface area contributed by atoms with E-state index in [1.54, 1.807) is 30.6 Å². The third-order valence-corrected chi connectivity index (χ3v) is 7.13. The number of imide groups is 1. The maximum atomic E-state index is 13.5. The third kappa shape index (κ3) is 3.23. The summed E-state index contributed by atoms with van der Waals surface area (Å²) in [6, 6.07) is 13.8. The van der Waals surface area contributed by atoms with Gasteiger partial charge in [-0.15, -0.1) is 0 Å². The van der Waals surface area contributed by atoms with Crippen molar-refractivity contribution in [1.29, 1.82) is 0 Å². The van der Waals surface area contributed by atoms with E-state index in [0.717, 1.165) is 17.5 Å². The Morgan fingerprint density at radius 3 is 2.30 bits per heavy atom. The summed E-state index contributed by atoms with van der Waals surface area (Å²) in [5, 5.41) is 2.91. The lowest BCUT2D eigenvalue weighted by Crippen LogP contribution is -2.49. The van der Waals surface area contributed by atoms with Gasteiger partial charge in [0, 0.05) is 24.5 Å². The summed E-state index contributed by atoms with van der Waals surface area (Å²) >= 11 is 0. The van der Waals surface area contributed by atoms with Crippen molar-refractivity contribution in [3.8, 4) is 0 Å². The normalized spacial score (nSPS) is 26.1. The summed E-state index contributed by atoms with van der Waals surface area (Å²) in [5.41, 5.74) is 2.81. The molecule has 3 aliphatic rings. The van der Waals surface area contributed by atoms with E-state index in [4.69, 9.17) is 0 Å². The van der Waals surface area contributed by atoms with Gasteiger partial charge in [-0.3, -0.25) is 29.3 Å². The van der Waals surface area contributed by atoms with Crippen LogP contribution in [-0.4, -0.2) is 38.6 Å². The molecule has 3 amide bonds. The molecule has 0 radical (unpaired) electrons. The van der Waals surface area contributed by atoms with E-state index in [1.165, 1.54) is 4.90 Å². The van der Waals surface area contributed by atoms with E-state index in [1.807, 2.05) is 30.3 Å². The first kappa shape index (κ1) is 19.8. The van der Waals surface area contributed by atoms with Crippen LogP contribution < -0.4 is 5.32 Å². The fraction of sp³-hybridized carbons (Fsp3) is 0.269. The molecule has 3 aromatic rings. The Morgan fingerprint density at radius 1 is 0.939 bits per heavy atom. The zero-order valence-corrected chi connectivity index (χ0v) is 17.8. The van der Waals surface area contributed by atoms with Crippen LogP contribution in [-0.2, 0) is 20.8 Å². The SMILES string of the molecule is O=C(Nc1ccc2nccnc2c1)[C@H](Cc1ccccc1)N1C(=O)[C@@H]2[C@H](C1=O)[C@H]1C=C[C@H]2C1. The highest BCUT2D eigenvalue weighted by Crippen LogP contribution is 2.53. The Morgan fingerprint density at radius 2 is 1.61 bits per heavy atom. The molecule has 2 aliphatic carbocycles. The summed E-state index contributed by atoms with van der Waals surface area (Å²) < 4.78 is 0. The van der Waals surface area contributed by atoms with Crippen LogP contribution in [0.2, 0.25) is 0 Å². The van der Waals surface area contributed by atoms with Crippen molar-refractivity contribution in [3.05, 3.63) is 78.6 Å². The van der Waals surface area contributed by atoms with Crippen molar-refractivity contribution in [2.24, 2.45) is 23.7 Å². The Hall–Kier alpha value is -3.87. The number of hydrogen-bond acceptors (Lipinski definition) is 5. The second-order valence-electron chi connectivity index (χ2n) is 9.00. The Labute approximate surface area is 190 Å². The Kier molecular flexibility index (Phi) is 4.57. The van der Waals surface area contributed by atoms with Gasteiger partial charge in [0.25, 0.3) is 0 Å². The van der Waals surface area contributed by atoms with E-state index in [2.05, 4.69) is 27.4 Å². The number of allylic oxidation sites excluding steroid dienone is 2. The van der Waals surface area contributed by atoms with Crippen LogP contribution in [0.4, 0.5) is 5.69 Å². The van der Waals surface area contributed by atoms with Crippen molar-refractivity contribution in [2.45, 2.75) is 18.9 Å². The molecule has 1 saturated heterocycles. The van der Waals surface area contributed by atoms with Gasteiger partial charge in [0.2, 0.25) is 17.7 Å². The number of hydrogen-bond donors (Lipinski definition) is 1. The molecule has 1 aromatic heterocycles. The maximum Gasteiger partial charge on any atom is 0.248 e. The first-order valence-electron chi connectivity index (χ1n) is 11.2. The molecule has 2 aromatic carbocycles. The molecule has 5 atom stereocenters. The molecule has 1 saturated carbocycles. The third-order valence-electron chi connectivity index (χ3n) is 7.13. The molecule has 0 unspecified atom stereocenters. The average molecular weight is 438 g/mol. The van der Waals surface area contributed by atoms with Gasteiger partial charge in [0.05, 0.1) is 22.9 Å². The lowest BCUT2D eigenvalue weighted by atomic mass is 9.85. The van der Waals surface area contributed by atoms with Gasteiger partial charge < -0.3 is 5.32 Å². The number of nitrogens with zero attached hydrogens (tertiary/aromatic N) is 3. The lowest BCUT2D eigenvalue weighted by molar-refractivity contribution is -0.147. The van der Waals surface area contributed by atoms with Crippen LogP contribution >= 0.6 is 0 Å². The van der Waals surface area contributed by atoms with Crippen molar-refractivity contribution in [3.63, 3.8) is 0 Å². The van der Waals surface area contributed by atoms with Crippen LogP contribution in [0.5, 0.6) is 0 Å². The number of anilines is 1. The molecule has 7 heteroatoms. The summed E-state index contributed by atoms with van der Waals surface area (Å²) in [7, 11) is 0. The summed E-state index contributed by atoms with van der Waals surface area (Å²) in [6.45, 7) is 0. The van der Waals surface area contributed by atoms with Gasteiger partial charge in [-0.1, -0.05) is 42.5 Å². The van der Waals surface area contributed by atoms with E-state index in [-0.39, 0.29) is 47.8 Å². The van der Waals surface area contributed by atoms with Gasteiger partial charge in [0.15, 0.2) is 0 Å². The minimum absolute atomic E-state index is 0.0981. The number of carbonyl (C=O) groups excluding carboxylic acids is 3.